The highest BCUT2D eigenvalue weighted by Gasteiger charge is 2.06. The molecule has 0 saturated heterocycles. The van der Waals surface area contributed by atoms with Gasteiger partial charge in [0, 0.05) is 33.7 Å². The molecule has 0 aliphatic heterocycles. The van der Waals surface area contributed by atoms with Crippen LogP contribution >= 0.6 is 0 Å². The van der Waals surface area contributed by atoms with Gasteiger partial charge >= 0.3 is 0 Å². The van der Waals surface area contributed by atoms with E-state index in [2.05, 4.69) is 64.9 Å². The SMILES string of the molecule is N#Cc1ccc(Nc2ccc(-c3cc4ccc(-c5ccc(N)cc5)cc4[nH]3)cc2)cc1. The van der Waals surface area contributed by atoms with Crippen LogP contribution in [-0.4, -0.2) is 4.98 Å². The molecule has 148 valence electrons. The molecule has 5 rings (SSSR count). The highest BCUT2D eigenvalue weighted by Crippen LogP contribution is 2.29. The Labute approximate surface area is 180 Å². The number of nitrogen functional groups attached to an aromatic ring is 1. The third kappa shape index (κ3) is 3.85. The Kier molecular flexibility index (Phi) is 4.62. The minimum Gasteiger partial charge on any atom is -0.399 e. The fourth-order valence-electron chi connectivity index (χ4n) is 3.67. The van der Waals surface area contributed by atoms with Crippen LogP contribution in [-0.2, 0) is 0 Å². The van der Waals surface area contributed by atoms with Crippen molar-refractivity contribution in [1.29, 1.82) is 5.26 Å². The Morgan fingerprint density at radius 2 is 1.29 bits per heavy atom. The van der Waals surface area contributed by atoms with Crippen LogP contribution in [0.4, 0.5) is 17.1 Å². The highest BCUT2D eigenvalue weighted by molar-refractivity contribution is 5.89. The third-order valence-corrected chi connectivity index (χ3v) is 5.37. The minimum absolute atomic E-state index is 0.652. The molecule has 4 heteroatoms. The molecule has 31 heavy (non-hydrogen) atoms. The lowest BCUT2D eigenvalue weighted by Gasteiger charge is -2.07. The second-order valence-corrected chi connectivity index (χ2v) is 7.50. The number of aromatic nitrogens is 1. The molecule has 4 nitrogen and oxygen atoms in total. The van der Waals surface area contributed by atoms with E-state index in [0.717, 1.165) is 45.0 Å². The summed E-state index contributed by atoms with van der Waals surface area (Å²) in [5.74, 6) is 0. The van der Waals surface area contributed by atoms with E-state index in [1.807, 2.05) is 36.4 Å². The van der Waals surface area contributed by atoms with Crippen LogP contribution in [0.2, 0.25) is 0 Å². The lowest BCUT2D eigenvalue weighted by atomic mass is 10.0. The number of aromatic amines is 1. The fraction of sp³-hybridized carbons (Fsp3) is 0. The quantitative estimate of drug-likeness (QED) is 0.294. The maximum Gasteiger partial charge on any atom is 0.0991 e. The lowest BCUT2D eigenvalue weighted by molar-refractivity contribution is 1.44. The molecule has 0 unspecified atom stereocenters. The number of nitrogens with zero attached hydrogens (tertiary/aromatic N) is 1. The largest absolute Gasteiger partial charge is 0.399 e. The molecule has 4 N–H and O–H groups in total. The van der Waals surface area contributed by atoms with E-state index in [-0.39, 0.29) is 0 Å². The number of nitrogens with one attached hydrogen (secondary N) is 2. The van der Waals surface area contributed by atoms with Crippen LogP contribution in [0.3, 0.4) is 0 Å². The van der Waals surface area contributed by atoms with Gasteiger partial charge in [0.05, 0.1) is 11.6 Å². The Balaban J connectivity index is 1.38. The van der Waals surface area contributed by atoms with E-state index in [0.29, 0.717) is 5.56 Å². The van der Waals surface area contributed by atoms with Crippen molar-refractivity contribution in [3.05, 3.63) is 103 Å². The summed E-state index contributed by atoms with van der Waals surface area (Å²) in [6, 6.07) is 34.4. The zero-order chi connectivity index (χ0) is 21.2. The van der Waals surface area contributed by atoms with Crippen LogP contribution < -0.4 is 11.1 Å². The molecule has 0 bridgehead atoms. The van der Waals surface area contributed by atoms with Gasteiger partial charge in [-0.25, -0.2) is 0 Å². The summed E-state index contributed by atoms with van der Waals surface area (Å²) >= 11 is 0. The van der Waals surface area contributed by atoms with Gasteiger partial charge in [0.15, 0.2) is 0 Å². The van der Waals surface area contributed by atoms with Crippen LogP contribution in [0.1, 0.15) is 5.56 Å². The van der Waals surface area contributed by atoms with Crippen molar-refractivity contribution in [2.24, 2.45) is 0 Å². The first kappa shape index (κ1) is 18.5. The van der Waals surface area contributed by atoms with E-state index < -0.39 is 0 Å². The smallest absolute Gasteiger partial charge is 0.0991 e. The van der Waals surface area contributed by atoms with E-state index in [4.69, 9.17) is 11.0 Å². The van der Waals surface area contributed by atoms with Crippen LogP contribution in [0, 0.1) is 11.3 Å². The Morgan fingerprint density at radius 3 is 1.97 bits per heavy atom. The van der Waals surface area contributed by atoms with Crippen LogP contribution in [0.15, 0.2) is 97.1 Å². The molecule has 4 aromatic carbocycles. The van der Waals surface area contributed by atoms with Crippen molar-refractivity contribution in [2.45, 2.75) is 0 Å². The molecule has 0 aliphatic rings. The Morgan fingerprint density at radius 1 is 0.677 bits per heavy atom. The molecule has 0 saturated carbocycles. The zero-order valence-electron chi connectivity index (χ0n) is 16.8. The molecule has 0 radical (unpaired) electrons. The average Bonchev–Trinajstić information content (AvgIpc) is 3.24. The summed E-state index contributed by atoms with van der Waals surface area (Å²) < 4.78 is 0. The van der Waals surface area contributed by atoms with Crippen molar-refractivity contribution >= 4 is 28.0 Å². The van der Waals surface area contributed by atoms with E-state index in [1.165, 1.54) is 5.39 Å². The van der Waals surface area contributed by atoms with Gasteiger partial charge in [-0.05, 0) is 77.4 Å². The van der Waals surface area contributed by atoms with Gasteiger partial charge in [-0.3, -0.25) is 0 Å². The van der Waals surface area contributed by atoms with Crippen LogP contribution in [0.5, 0.6) is 0 Å². The van der Waals surface area contributed by atoms with Gasteiger partial charge in [-0.15, -0.1) is 0 Å². The number of benzene rings is 4. The summed E-state index contributed by atoms with van der Waals surface area (Å²) in [5, 5.41) is 13.5. The molecule has 0 amide bonds. The standard InChI is InChI=1S/C27H20N4/c28-17-18-1-11-24(12-2-18)30-25-13-7-20(8-14-25)26-16-22-4-3-21(15-27(22)31-26)19-5-9-23(29)10-6-19/h1-16,30-31H,29H2. The van der Waals surface area contributed by atoms with E-state index >= 15 is 0 Å². The molecule has 0 aliphatic carbocycles. The minimum atomic E-state index is 0.652. The second-order valence-electron chi connectivity index (χ2n) is 7.50. The highest BCUT2D eigenvalue weighted by atomic mass is 14.9. The molecular weight excluding hydrogens is 380 g/mol. The van der Waals surface area contributed by atoms with Crippen molar-refractivity contribution in [3.63, 3.8) is 0 Å². The summed E-state index contributed by atoms with van der Waals surface area (Å²) in [6.07, 6.45) is 0. The maximum atomic E-state index is 8.91. The van der Waals surface area contributed by atoms with Crippen molar-refractivity contribution in [2.75, 3.05) is 11.1 Å². The summed E-state index contributed by atoms with van der Waals surface area (Å²) in [6.45, 7) is 0. The lowest BCUT2D eigenvalue weighted by Crippen LogP contribution is -1.90. The van der Waals surface area contributed by atoms with Gasteiger partial charge in [0.25, 0.3) is 0 Å². The molecule has 1 aromatic heterocycles. The predicted molar refractivity (Wildman–Crippen MR) is 128 cm³/mol. The predicted octanol–water partition coefficient (Wildman–Crippen LogP) is 6.70. The van der Waals surface area contributed by atoms with Crippen molar-refractivity contribution in [1.82, 2.24) is 4.98 Å². The number of hydrogen-bond acceptors (Lipinski definition) is 3. The maximum absolute atomic E-state index is 8.91. The molecular formula is C27H20N4. The Hall–Kier alpha value is -4.49. The number of nitriles is 1. The van der Waals surface area contributed by atoms with Gasteiger partial charge in [0.1, 0.15) is 0 Å². The number of rotatable bonds is 4. The summed E-state index contributed by atoms with van der Waals surface area (Å²) in [4.78, 5) is 3.54. The molecule has 0 atom stereocenters. The monoisotopic (exact) mass is 400 g/mol. The van der Waals surface area contributed by atoms with Crippen LogP contribution in [0.25, 0.3) is 33.3 Å². The summed E-state index contributed by atoms with van der Waals surface area (Å²) in [5.41, 5.74) is 14.8. The van der Waals surface area contributed by atoms with Gasteiger partial charge in [-0.2, -0.15) is 5.26 Å². The van der Waals surface area contributed by atoms with Crippen molar-refractivity contribution < 1.29 is 0 Å². The second kappa shape index (κ2) is 7.74. The van der Waals surface area contributed by atoms with E-state index in [9.17, 15) is 0 Å². The molecule has 5 aromatic rings. The first-order chi connectivity index (χ1) is 15.2. The van der Waals surface area contributed by atoms with Crippen molar-refractivity contribution in [3.8, 4) is 28.5 Å². The van der Waals surface area contributed by atoms with Gasteiger partial charge in [-0.1, -0.05) is 36.4 Å². The van der Waals surface area contributed by atoms with Gasteiger partial charge < -0.3 is 16.0 Å². The Bertz CT molecular complexity index is 1390. The number of fused-ring (bicyclic) bond motifs is 1. The summed E-state index contributed by atoms with van der Waals surface area (Å²) in [7, 11) is 0. The number of nitrogens with two attached hydrogens (primary N) is 1. The first-order valence-electron chi connectivity index (χ1n) is 10.0. The number of hydrogen-bond donors (Lipinski definition) is 3. The third-order valence-electron chi connectivity index (χ3n) is 5.37. The number of anilines is 3. The average molecular weight is 400 g/mol. The first-order valence-corrected chi connectivity index (χ1v) is 10.0. The van der Waals surface area contributed by atoms with Gasteiger partial charge in [0.2, 0.25) is 0 Å². The topological polar surface area (TPSA) is 77.6 Å². The number of H-pyrrole nitrogens is 1. The van der Waals surface area contributed by atoms with E-state index in [1.54, 1.807) is 12.1 Å². The normalized spacial score (nSPS) is 10.7. The fourth-order valence-corrected chi connectivity index (χ4v) is 3.67. The zero-order valence-corrected chi connectivity index (χ0v) is 16.8. The molecule has 1 heterocycles. The molecule has 0 spiro atoms. The molecule has 0 fully saturated rings.